The molecule has 0 aliphatic rings. The molecule has 0 aromatic carbocycles. The summed E-state index contributed by atoms with van der Waals surface area (Å²) in [5.74, 6) is 1.77. The Labute approximate surface area is 87.6 Å². The third kappa shape index (κ3) is 5.10. The highest BCUT2D eigenvalue weighted by molar-refractivity contribution is 5.73. The van der Waals surface area contributed by atoms with Gasteiger partial charge in [-0.05, 0) is 24.7 Å². The Kier molecular flexibility index (Phi) is 6.34. The molecule has 0 atom stereocenters. The molecule has 0 aromatic heterocycles. The summed E-state index contributed by atoms with van der Waals surface area (Å²) in [6.45, 7) is 12.2. The normalized spacial score (nSPS) is 11.1. The number of rotatable bonds is 5. The van der Waals surface area contributed by atoms with Gasteiger partial charge in [-0.1, -0.05) is 27.7 Å². The van der Waals surface area contributed by atoms with Gasteiger partial charge >= 0.3 is 6.03 Å². The zero-order chi connectivity index (χ0) is 11.1. The van der Waals surface area contributed by atoms with Crippen LogP contribution >= 0.6 is 0 Å². The van der Waals surface area contributed by atoms with Crippen molar-refractivity contribution in [3.05, 3.63) is 0 Å². The molecule has 0 aliphatic carbocycles. The summed E-state index contributed by atoms with van der Waals surface area (Å²) in [7, 11) is 0. The Hall–Kier alpha value is -0.730. The number of hydrogen-bond donors (Lipinski definition) is 2. The maximum atomic E-state index is 11.2. The number of amides is 2. The van der Waals surface area contributed by atoms with Crippen LogP contribution in [-0.4, -0.2) is 19.1 Å². The molecule has 0 radical (unpaired) electrons. The van der Waals surface area contributed by atoms with Gasteiger partial charge in [-0.2, -0.15) is 0 Å². The molecule has 0 saturated heterocycles. The first-order valence-electron chi connectivity index (χ1n) is 5.50. The monoisotopic (exact) mass is 200 g/mol. The number of hydrogen-bond acceptors (Lipinski definition) is 1. The Balaban J connectivity index is 3.88. The van der Waals surface area contributed by atoms with Crippen molar-refractivity contribution in [1.82, 2.24) is 10.6 Å². The molecule has 14 heavy (non-hydrogen) atoms. The first-order chi connectivity index (χ1) is 6.49. The Bertz CT molecular complexity index is 159. The molecule has 3 nitrogen and oxygen atoms in total. The predicted molar refractivity (Wildman–Crippen MR) is 60.2 cm³/mol. The molecular weight excluding hydrogens is 176 g/mol. The van der Waals surface area contributed by atoms with Crippen LogP contribution in [0.3, 0.4) is 0 Å². The Morgan fingerprint density at radius 3 is 1.93 bits per heavy atom. The van der Waals surface area contributed by atoms with E-state index in [1.54, 1.807) is 0 Å². The van der Waals surface area contributed by atoms with E-state index >= 15 is 0 Å². The molecule has 0 rings (SSSR count). The molecule has 0 fully saturated rings. The maximum absolute atomic E-state index is 11.2. The van der Waals surface area contributed by atoms with E-state index in [9.17, 15) is 4.79 Å². The van der Waals surface area contributed by atoms with Crippen molar-refractivity contribution in [3.8, 4) is 0 Å². The van der Waals surface area contributed by atoms with Crippen molar-refractivity contribution in [2.24, 2.45) is 17.8 Å². The largest absolute Gasteiger partial charge is 0.338 e. The van der Waals surface area contributed by atoms with Crippen LogP contribution in [0.25, 0.3) is 0 Å². The minimum absolute atomic E-state index is 0.0567. The van der Waals surface area contributed by atoms with E-state index in [4.69, 9.17) is 0 Å². The standard InChI is InChI=1S/C11H24N2O/c1-6-12-11(14)13-7-10(8(2)3)9(4)5/h8-10H,6-7H2,1-5H3,(H2,12,13,14). The SMILES string of the molecule is CCNC(=O)NCC(C(C)C)C(C)C. The third-order valence-electron chi connectivity index (χ3n) is 2.55. The van der Waals surface area contributed by atoms with Gasteiger partial charge in [0.2, 0.25) is 0 Å². The van der Waals surface area contributed by atoms with Crippen LogP contribution in [0.1, 0.15) is 34.6 Å². The molecule has 3 heteroatoms. The third-order valence-corrected chi connectivity index (χ3v) is 2.55. The van der Waals surface area contributed by atoms with Crippen molar-refractivity contribution >= 4 is 6.03 Å². The highest BCUT2D eigenvalue weighted by atomic mass is 16.2. The first kappa shape index (κ1) is 13.3. The Morgan fingerprint density at radius 1 is 1.07 bits per heavy atom. The lowest BCUT2D eigenvalue weighted by Crippen LogP contribution is -2.40. The fraction of sp³-hybridized carbons (Fsp3) is 0.909. The number of carbonyl (C=O) groups is 1. The molecule has 84 valence electrons. The summed E-state index contributed by atoms with van der Waals surface area (Å²) < 4.78 is 0. The molecule has 0 aromatic rings. The zero-order valence-electron chi connectivity index (χ0n) is 10.1. The molecule has 0 saturated carbocycles. The lowest BCUT2D eigenvalue weighted by atomic mass is 9.85. The molecule has 2 N–H and O–H groups in total. The second-order valence-corrected chi connectivity index (χ2v) is 4.39. The summed E-state index contributed by atoms with van der Waals surface area (Å²) in [6, 6.07) is -0.0567. The summed E-state index contributed by atoms with van der Waals surface area (Å²) in [5.41, 5.74) is 0. The summed E-state index contributed by atoms with van der Waals surface area (Å²) in [6.07, 6.45) is 0. The lowest BCUT2D eigenvalue weighted by Gasteiger charge is -2.24. The first-order valence-corrected chi connectivity index (χ1v) is 5.50. The summed E-state index contributed by atoms with van der Waals surface area (Å²) in [5, 5.41) is 5.62. The molecule has 2 amide bonds. The number of carbonyl (C=O) groups excluding carboxylic acids is 1. The topological polar surface area (TPSA) is 41.1 Å². The van der Waals surface area contributed by atoms with Gasteiger partial charge < -0.3 is 10.6 Å². The highest BCUT2D eigenvalue weighted by Crippen LogP contribution is 2.19. The van der Waals surface area contributed by atoms with Gasteiger partial charge in [0.25, 0.3) is 0 Å². The van der Waals surface area contributed by atoms with Crippen LogP contribution < -0.4 is 10.6 Å². The fourth-order valence-electron chi connectivity index (χ4n) is 1.67. The van der Waals surface area contributed by atoms with Crippen molar-refractivity contribution in [1.29, 1.82) is 0 Å². The molecule has 0 heterocycles. The van der Waals surface area contributed by atoms with Crippen LogP contribution in [0.4, 0.5) is 4.79 Å². The van der Waals surface area contributed by atoms with Gasteiger partial charge in [-0.3, -0.25) is 0 Å². The van der Waals surface area contributed by atoms with Crippen LogP contribution in [0.2, 0.25) is 0 Å². The molecule has 0 aliphatic heterocycles. The van der Waals surface area contributed by atoms with E-state index in [-0.39, 0.29) is 6.03 Å². The van der Waals surface area contributed by atoms with Gasteiger partial charge in [-0.15, -0.1) is 0 Å². The number of nitrogens with one attached hydrogen (secondary N) is 2. The number of urea groups is 1. The van der Waals surface area contributed by atoms with E-state index in [1.165, 1.54) is 0 Å². The van der Waals surface area contributed by atoms with Crippen molar-refractivity contribution in [3.63, 3.8) is 0 Å². The van der Waals surface area contributed by atoms with E-state index < -0.39 is 0 Å². The smallest absolute Gasteiger partial charge is 0.314 e. The Morgan fingerprint density at radius 2 is 1.57 bits per heavy atom. The zero-order valence-corrected chi connectivity index (χ0v) is 10.1. The van der Waals surface area contributed by atoms with Crippen LogP contribution in [0.15, 0.2) is 0 Å². The van der Waals surface area contributed by atoms with Crippen LogP contribution in [0, 0.1) is 17.8 Å². The summed E-state index contributed by atoms with van der Waals surface area (Å²) >= 11 is 0. The average Bonchev–Trinajstić information content (AvgIpc) is 2.03. The quantitative estimate of drug-likeness (QED) is 0.702. The van der Waals surface area contributed by atoms with E-state index in [2.05, 4.69) is 38.3 Å². The molecule has 0 bridgehead atoms. The van der Waals surface area contributed by atoms with Gasteiger partial charge in [-0.25, -0.2) is 4.79 Å². The predicted octanol–water partition coefficient (Wildman–Crippen LogP) is 2.23. The van der Waals surface area contributed by atoms with Crippen LogP contribution in [-0.2, 0) is 0 Å². The van der Waals surface area contributed by atoms with Crippen molar-refractivity contribution < 1.29 is 4.79 Å². The lowest BCUT2D eigenvalue weighted by molar-refractivity contribution is 0.230. The minimum Gasteiger partial charge on any atom is -0.338 e. The summed E-state index contributed by atoms with van der Waals surface area (Å²) in [4.78, 5) is 11.2. The minimum atomic E-state index is -0.0567. The van der Waals surface area contributed by atoms with Crippen molar-refractivity contribution in [2.45, 2.75) is 34.6 Å². The van der Waals surface area contributed by atoms with E-state index in [1.807, 2.05) is 6.92 Å². The van der Waals surface area contributed by atoms with E-state index in [0.29, 0.717) is 24.3 Å². The fourth-order valence-corrected chi connectivity index (χ4v) is 1.67. The average molecular weight is 200 g/mol. The molecule has 0 spiro atoms. The van der Waals surface area contributed by atoms with E-state index in [0.717, 1.165) is 6.54 Å². The highest BCUT2D eigenvalue weighted by Gasteiger charge is 2.17. The second kappa shape index (κ2) is 6.68. The van der Waals surface area contributed by atoms with Gasteiger partial charge in [0, 0.05) is 13.1 Å². The van der Waals surface area contributed by atoms with Crippen LogP contribution in [0.5, 0.6) is 0 Å². The maximum Gasteiger partial charge on any atom is 0.314 e. The molecular formula is C11H24N2O. The van der Waals surface area contributed by atoms with Gasteiger partial charge in [0.1, 0.15) is 0 Å². The molecule has 0 unspecified atom stereocenters. The van der Waals surface area contributed by atoms with Gasteiger partial charge in [0.05, 0.1) is 0 Å². The second-order valence-electron chi connectivity index (χ2n) is 4.39. The van der Waals surface area contributed by atoms with Crippen molar-refractivity contribution in [2.75, 3.05) is 13.1 Å². The van der Waals surface area contributed by atoms with Gasteiger partial charge in [0.15, 0.2) is 0 Å².